The Labute approximate surface area is 116 Å². The first-order valence-electron chi connectivity index (χ1n) is 6.05. The molecule has 1 aromatic carbocycles. The van der Waals surface area contributed by atoms with Crippen molar-refractivity contribution in [1.29, 1.82) is 5.26 Å². The number of halogens is 1. The van der Waals surface area contributed by atoms with Gasteiger partial charge in [0.15, 0.2) is 0 Å². The average Bonchev–Trinajstić information content (AvgIpc) is 2.70. The molecule has 0 radical (unpaired) electrons. The fourth-order valence-electron chi connectivity index (χ4n) is 1.82. The molecule has 1 N–H and O–H groups in total. The van der Waals surface area contributed by atoms with Crippen molar-refractivity contribution in [3.05, 3.63) is 56.5 Å². The lowest BCUT2D eigenvalue weighted by molar-refractivity contribution is 0.588. The van der Waals surface area contributed by atoms with Crippen molar-refractivity contribution in [3.63, 3.8) is 0 Å². The molecular formula is C15H15FN2S. The molecule has 0 bridgehead atoms. The van der Waals surface area contributed by atoms with Crippen molar-refractivity contribution in [2.75, 3.05) is 0 Å². The molecule has 1 heterocycles. The Morgan fingerprint density at radius 2 is 2.05 bits per heavy atom. The third-order valence-corrected chi connectivity index (χ3v) is 4.17. The molecular weight excluding hydrogens is 259 g/mol. The number of rotatable bonds is 4. The molecule has 0 saturated heterocycles. The molecule has 0 amide bonds. The quantitative estimate of drug-likeness (QED) is 0.923. The van der Waals surface area contributed by atoms with Gasteiger partial charge in [0, 0.05) is 28.4 Å². The Bertz CT molecular complexity index is 606. The van der Waals surface area contributed by atoms with Crippen molar-refractivity contribution in [3.8, 4) is 6.07 Å². The Balaban J connectivity index is 1.94. The lowest BCUT2D eigenvalue weighted by Gasteiger charge is -2.05. The smallest absolute Gasteiger partial charge is 0.129 e. The van der Waals surface area contributed by atoms with Crippen LogP contribution >= 0.6 is 11.3 Å². The molecule has 1 aromatic heterocycles. The van der Waals surface area contributed by atoms with Gasteiger partial charge in [-0.25, -0.2) is 4.39 Å². The minimum Gasteiger partial charge on any atom is -0.308 e. The summed E-state index contributed by atoms with van der Waals surface area (Å²) in [6, 6.07) is 8.65. The number of nitrogens with one attached hydrogen (secondary N) is 1. The fraction of sp³-hybridized carbons (Fsp3) is 0.267. The van der Waals surface area contributed by atoms with E-state index in [-0.39, 0.29) is 5.82 Å². The molecule has 2 rings (SSSR count). The maximum Gasteiger partial charge on any atom is 0.129 e. The van der Waals surface area contributed by atoms with E-state index in [1.807, 2.05) is 6.07 Å². The summed E-state index contributed by atoms with van der Waals surface area (Å²) in [4.78, 5) is 2.57. The SMILES string of the molecule is Cc1cc(CNCc2ccc(C#N)cc2F)sc1C. The van der Waals surface area contributed by atoms with Crippen LogP contribution in [0.25, 0.3) is 0 Å². The fourth-order valence-corrected chi connectivity index (χ4v) is 2.84. The maximum absolute atomic E-state index is 13.6. The molecule has 4 heteroatoms. The van der Waals surface area contributed by atoms with Gasteiger partial charge in [-0.15, -0.1) is 11.3 Å². The van der Waals surface area contributed by atoms with Crippen LogP contribution in [0, 0.1) is 31.0 Å². The number of hydrogen-bond acceptors (Lipinski definition) is 3. The highest BCUT2D eigenvalue weighted by Crippen LogP contribution is 2.20. The van der Waals surface area contributed by atoms with Crippen LogP contribution < -0.4 is 5.32 Å². The first-order chi connectivity index (χ1) is 9.10. The number of nitriles is 1. The van der Waals surface area contributed by atoms with E-state index in [1.54, 1.807) is 23.5 Å². The molecule has 19 heavy (non-hydrogen) atoms. The third-order valence-electron chi connectivity index (χ3n) is 3.01. The normalized spacial score (nSPS) is 10.4. The van der Waals surface area contributed by atoms with Gasteiger partial charge in [-0.05, 0) is 37.6 Å². The van der Waals surface area contributed by atoms with Crippen LogP contribution in [0.1, 0.15) is 26.4 Å². The van der Waals surface area contributed by atoms with Crippen LogP contribution in [0.15, 0.2) is 24.3 Å². The monoisotopic (exact) mass is 274 g/mol. The molecule has 0 fully saturated rings. The van der Waals surface area contributed by atoms with Crippen LogP contribution in [-0.2, 0) is 13.1 Å². The van der Waals surface area contributed by atoms with Crippen LogP contribution in [0.3, 0.4) is 0 Å². The molecule has 0 aliphatic heterocycles. The van der Waals surface area contributed by atoms with E-state index < -0.39 is 0 Å². The lowest BCUT2D eigenvalue weighted by Crippen LogP contribution is -2.13. The average molecular weight is 274 g/mol. The van der Waals surface area contributed by atoms with Gasteiger partial charge in [0.05, 0.1) is 11.6 Å². The molecule has 0 aliphatic carbocycles. The summed E-state index contributed by atoms with van der Waals surface area (Å²) in [5, 5.41) is 11.9. The number of nitrogens with zero attached hydrogens (tertiary/aromatic N) is 1. The molecule has 2 nitrogen and oxygen atoms in total. The second kappa shape index (κ2) is 5.96. The summed E-state index contributed by atoms with van der Waals surface area (Å²) in [6.45, 7) is 5.39. The van der Waals surface area contributed by atoms with Crippen molar-refractivity contribution >= 4 is 11.3 Å². The minimum atomic E-state index is -0.329. The van der Waals surface area contributed by atoms with Gasteiger partial charge >= 0.3 is 0 Å². The second-order valence-electron chi connectivity index (χ2n) is 4.47. The van der Waals surface area contributed by atoms with E-state index in [9.17, 15) is 4.39 Å². The van der Waals surface area contributed by atoms with Crippen LogP contribution in [-0.4, -0.2) is 0 Å². The molecule has 0 atom stereocenters. The van der Waals surface area contributed by atoms with Gasteiger partial charge in [0.2, 0.25) is 0 Å². The van der Waals surface area contributed by atoms with E-state index in [0.717, 1.165) is 6.54 Å². The standard InChI is InChI=1S/C15H15FN2S/c1-10-5-14(19-11(10)2)9-18-8-13-4-3-12(7-17)6-15(13)16/h3-6,18H,8-9H2,1-2H3. The van der Waals surface area contributed by atoms with Gasteiger partial charge in [0.25, 0.3) is 0 Å². The summed E-state index contributed by atoms with van der Waals surface area (Å²) in [5.41, 5.74) is 2.24. The van der Waals surface area contributed by atoms with E-state index >= 15 is 0 Å². The zero-order valence-electron chi connectivity index (χ0n) is 11.0. The summed E-state index contributed by atoms with van der Waals surface area (Å²) in [7, 11) is 0. The summed E-state index contributed by atoms with van der Waals surface area (Å²) < 4.78 is 13.6. The molecule has 2 aromatic rings. The molecule has 0 spiro atoms. The van der Waals surface area contributed by atoms with Gasteiger partial charge < -0.3 is 5.32 Å². The molecule has 0 aliphatic rings. The highest BCUT2D eigenvalue weighted by molar-refractivity contribution is 7.12. The van der Waals surface area contributed by atoms with E-state index in [4.69, 9.17) is 5.26 Å². The van der Waals surface area contributed by atoms with Gasteiger partial charge in [0.1, 0.15) is 5.82 Å². The first kappa shape index (κ1) is 13.7. The van der Waals surface area contributed by atoms with E-state index in [2.05, 4.69) is 25.2 Å². The van der Waals surface area contributed by atoms with E-state index in [0.29, 0.717) is 17.7 Å². The van der Waals surface area contributed by atoms with Crippen molar-refractivity contribution in [1.82, 2.24) is 5.32 Å². The zero-order valence-corrected chi connectivity index (χ0v) is 11.8. The number of hydrogen-bond donors (Lipinski definition) is 1. The van der Waals surface area contributed by atoms with Gasteiger partial charge in [-0.2, -0.15) is 5.26 Å². The minimum absolute atomic E-state index is 0.329. The van der Waals surface area contributed by atoms with Gasteiger partial charge in [-0.1, -0.05) is 6.07 Å². The predicted molar refractivity (Wildman–Crippen MR) is 75.5 cm³/mol. The van der Waals surface area contributed by atoms with Crippen molar-refractivity contribution in [2.24, 2.45) is 0 Å². The lowest BCUT2D eigenvalue weighted by atomic mass is 10.1. The number of thiophene rings is 1. The Kier molecular flexibility index (Phi) is 4.31. The topological polar surface area (TPSA) is 35.8 Å². The molecule has 98 valence electrons. The highest BCUT2D eigenvalue weighted by Gasteiger charge is 2.05. The summed E-state index contributed by atoms with van der Waals surface area (Å²) in [5.74, 6) is -0.329. The Morgan fingerprint density at radius 3 is 2.63 bits per heavy atom. The Hall–Kier alpha value is -1.70. The van der Waals surface area contributed by atoms with Crippen LogP contribution in [0.5, 0.6) is 0 Å². The molecule has 0 unspecified atom stereocenters. The predicted octanol–water partition coefficient (Wildman–Crippen LogP) is 3.67. The Morgan fingerprint density at radius 1 is 1.26 bits per heavy atom. The maximum atomic E-state index is 13.6. The molecule has 0 saturated carbocycles. The van der Waals surface area contributed by atoms with Crippen molar-refractivity contribution in [2.45, 2.75) is 26.9 Å². The van der Waals surface area contributed by atoms with Crippen molar-refractivity contribution < 1.29 is 4.39 Å². The third kappa shape index (κ3) is 3.40. The zero-order chi connectivity index (χ0) is 13.8. The highest BCUT2D eigenvalue weighted by atomic mass is 32.1. The largest absolute Gasteiger partial charge is 0.308 e. The number of aryl methyl sites for hydroxylation is 2. The van der Waals surface area contributed by atoms with Crippen LogP contribution in [0.2, 0.25) is 0 Å². The first-order valence-corrected chi connectivity index (χ1v) is 6.87. The van der Waals surface area contributed by atoms with Gasteiger partial charge in [-0.3, -0.25) is 0 Å². The summed E-state index contributed by atoms with van der Waals surface area (Å²) >= 11 is 1.76. The number of benzene rings is 1. The second-order valence-corrected chi connectivity index (χ2v) is 5.81. The van der Waals surface area contributed by atoms with E-state index in [1.165, 1.54) is 21.4 Å². The summed E-state index contributed by atoms with van der Waals surface area (Å²) in [6.07, 6.45) is 0. The van der Waals surface area contributed by atoms with Crippen LogP contribution in [0.4, 0.5) is 4.39 Å².